The molecule has 0 aliphatic carbocycles. The van der Waals surface area contributed by atoms with Gasteiger partial charge in [0.05, 0.1) is 17.3 Å². The first-order chi connectivity index (χ1) is 9.56. The van der Waals surface area contributed by atoms with Crippen molar-refractivity contribution in [3.8, 4) is 5.75 Å². The van der Waals surface area contributed by atoms with Crippen molar-refractivity contribution in [2.75, 3.05) is 11.9 Å². The molecule has 0 aliphatic rings. The Balaban J connectivity index is 1.92. The van der Waals surface area contributed by atoms with E-state index in [4.69, 9.17) is 27.9 Å². The lowest BCUT2D eigenvalue weighted by Gasteiger charge is -2.17. The zero-order chi connectivity index (χ0) is 14.5. The maximum atomic E-state index is 13.4. The molecule has 2 rings (SSSR count). The van der Waals surface area contributed by atoms with E-state index >= 15 is 0 Å². The van der Waals surface area contributed by atoms with Crippen LogP contribution in [0.3, 0.4) is 0 Å². The van der Waals surface area contributed by atoms with Crippen LogP contribution in [-0.4, -0.2) is 12.6 Å². The average Bonchev–Trinajstić information content (AvgIpc) is 2.41. The molecule has 0 saturated carbocycles. The highest BCUT2D eigenvalue weighted by atomic mass is 35.5. The van der Waals surface area contributed by atoms with E-state index in [2.05, 4.69) is 5.32 Å². The highest BCUT2D eigenvalue weighted by Crippen LogP contribution is 2.28. The first-order valence-corrected chi connectivity index (χ1v) is 6.92. The number of para-hydroxylation sites is 1. The Morgan fingerprint density at radius 3 is 2.65 bits per heavy atom. The molecule has 0 heterocycles. The molecule has 2 aromatic rings. The second kappa shape index (κ2) is 6.82. The van der Waals surface area contributed by atoms with E-state index in [1.54, 1.807) is 36.4 Å². The van der Waals surface area contributed by atoms with Crippen molar-refractivity contribution < 1.29 is 9.13 Å². The topological polar surface area (TPSA) is 21.3 Å². The Morgan fingerprint density at radius 2 is 1.95 bits per heavy atom. The summed E-state index contributed by atoms with van der Waals surface area (Å²) in [7, 11) is 0. The second-order valence-electron chi connectivity index (χ2n) is 4.36. The van der Waals surface area contributed by atoms with Crippen LogP contribution in [0.2, 0.25) is 10.0 Å². The van der Waals surface area contributed by atoms with Crippen molar-refractivity contribution in [2.45, 2.75) is 13.0 Å². The predicted molar refractivity (Wildman–Crippen MR) is 81.4 cm³/mol. The Hall–Kier alpha value is -1.45. The number of ether oxygens (including phenoxy) is 1. The lowest BCUT2D eigenvalue weighted by molar-refractivity contribution is 0.235. The minimum absolute atomic E-state index is 0.173. The first kappa shape index (κ1) is 14.9. The zero-order valence-corrected chi connectivity index (χ0v) is 12.4. The van der Waals surface area contributed by atoms with Crippen molar-refractivity contribution in [3.05, 3.63) is 58.3 Å². The van der Waals surface area contributed by atoms with E-state index in [1.807, 2.05) is 6.92 Å². The summed E-state index contributed by atoms with van der Waals surface area (Å²) < 4.78 is 19.1. The summed E-state index contributed by atoms with van der Waals surface area (Å²) in [6, 6.07) is 11.5. The Morgan fingerprint density at radius 1 is 1.20 bits per heavy atom. The van der Waals surface area contributed by atoms with Gasteiger partial charge in [0.25, 0.3) is 0 Å². The summed E-state index contributed by atoms with van der Waals surface area (Å²) in [5.41, 5.74) is 0.449. The van der Waals surface area contributed by atoms with Crippen LogP contribution in [0, 0.1) is 5.82 Å². The van der Waals surface area contributed by atoms with Crippen molar-refractivity contribution in [1.29, 1.82) is 0 Å². The molecular formula is C15H14Cl2FNO. The molecule has 0 saturated heterocycles. The van der Waals surface area contributed by atoms with Gasteiger partial charge in [-0.25, -0.2) is 4.39 Å². The summed E-state index contributed by atoms with van der Waals surface area (Å²) in [5.74, 6) is 0.267. The maximum absolute atomic E-state index is 13.4. The fourth-order valence-electron chi connectivity index (χ4n) is 1.69. The highest BCUT2D eigenvalue weighted by molar-refractivity contribution is 6.35. The van der Waals surface area contributed by atoms with Crippen LogP contribution in [0.1, 0.15) is 6.92 Å². The number of anilines is 1. The normalized spacial score (nSPS) is 12.0. The standard InChI is InChI=1S/C15H14Cl2FNO/c1-10(9-19-14-5-3-2-4-13(14)18)20-15-7-6-11(16)8-12(15)17/h2-8,10,19H,9H2,1H3. The van der Waals surface area contributed by atoms with Crippen molar-refractivity contribution in [3.63, 3.8) is 0 Å². The molecule has 2 nitrogen and oxygen atoms in total. The molecular weight excluding hydrogens is 300 g/mol. The smallest absolute Gasteiger partial charge is 0.146 e. The monoisotopic (exact) mass is 313 g/mol. The molecule has 0 bridgehead atoms. The summed E-state index contributed by atoms with van der Waals surface area (Å²) in [4.78, 5) is 0. The predicted octanol–water partition coefficient (Wildman–Crippen LogP) is 5.01. The fourth-order valence-corrected chi connectivity index (χ4v) is 2.14. The molecule has 1 atom stereocenters. The van der Waals surface area contributed by atoms with Gasteiger partial charge >= 0.3 is 0 Å². The fraction of sp³-hybridized carbons (Fsp3) is 0.200. The maximum Gasteiger partial charge on any atom is 0.146 e. The Kier molecular flexibility index (Phi) is 5.10. The molecule has 0 radical (unpaired) electrons. The van der Waals surface area contributed by atoms with E-state index < -0.39 is 0 Å². The number of halogens is 3. The van der Waals surface area contributed by atoms with Gasteiger partial charge in [0.15, 0.2) is 0 Å². The molecule has 2 aromatic carbocycles. The second-order valence-corrected chi connectivity index (χ2v) is 5.21. The van der Waals surface area contributed by atoms with Gasteiger partial charge in [-0.3, -0.25) is 0 Å². The molecule has 0 fully saturated rings. The summed E-state index contributed by atoms with van der Waals surface area (Å²) in [5, 5.41) is 4.00. The molecule has 20 heavy (non-hydrogen) atoms. The highest BCUT2D eigenvalue weighted by Gasteiger charge is 2.09. The van der Waals surface area contributed by atoms with Crippen LogP contribution in [0.25, 0.3) is 0 Å². The van der Waals surface area contributed by atoms with Crippen LogP contribution < -0.4 is 10.1 Å². The SMILES string of the molecule is CC(CNc1ccccc1F)Oc1ccc(Cl)cc1Cl. The third kappa shape index (κ3) is 4.02. The Bertz CT molecular complexity index is 592. The van der Waals surface area contributed by atoms with Crippen molar-refractivity contribution in [1.82, 2.24) is 0 Å². The largest absolute Gasteiger partial charge is 0.487 e. The number of hydrogen-bond acceptors (Lipinski definition) is 2. The van der Waals surface area contributed by atoms with Crippen LogP contribution in [0.15, 0.2) is 42.5 Å². The molecule has 0 amide bonds. The molecule has 5 heteroatoms. The van der Waals surface area contributed by atoms with Crippen LogP contribution in [0.4, 0.5) is 10.1 Å². The van der Waals surface area contributed by atoms with Crippen LogP contribution in [-0.2, 0) is 0 Å². The average molecular weight is 314 g/mol. The third-order valence-electron chi connectivity index (χ3n) is 2.68. The number of benzene rings is 2. The first-order valence-electron chi connectivity index (χ1n) is 6.16. The van der Waals surface area contributed by atoms with Gasteiger partial charge in [-0.05, 0) is 37.3 Å². The summed E-state index contributed by atoms with van der Waals surface area (Å²) >= 11 is 11.8. The molecule has 0 aromatic heterocycles. The lowest BCUT2D eigenvalue weighted by Crippen LogP contribution is -2.23. The number of hydrogen-bond donors (Lipinski definition) is 1. The molecule has 1 N–H and O–H groups in total. The van der Waals surface area contributed by atoms with Gasteiger partial charge in [0, 0.05) is 5.02 Å². The molecule has 0 aliphatic heterocycles. The minimum Gasteiger partial charge on any atom is -0.487 e. The van der Waals surface area contributed by atoms with Crippen LogP contribution >= 0.6 is 23.2 Å². The van der Waals surface area contributed by atoms with Gasteiger partial charge in [-0.2, -0.15) is 0 Å². The van der Waals surface area contributed by atoms with E-state index in [0.717, 1.165) is 0 Å². The number of rotatable bonds is 5. The van der Waals surface area contributed by atoms with E-state index in [0.29, 0.717) is 28.0 Å². The van der Waals surface area contributed by atoms with E-state index in [-0.39, 0.29) is 11.9 Å². The van der Waals surface area contributed by atoms with Gasteiger partial charge in [-0.15, -0.1) is 0 Å². The van der Waals surface area contributed by atoms with Crippen molar-refractivity contribution in [2.24, 2.45) is 0 Å². The Labute approximate surface area is 127 Å². The van der Waals surface area contributed by atoms with Crippen LogP contribution in [0.5, 0.6) is 5.75 Å². The van der Waals surface area contributed by atoms with E-state index in [9.17, 15) is 4.39 Å². The third-order valence-corrected chi connectivity index (χ3v) is 3.21. The quantitative estimate of drug-likeness (QED) is 0.837. The minimum atomic E-state index is -0.288. The van der Waals surface area contributed by atoms with E-state index in [1.165, 1.54) is 6.07 Å². The van der Waals surface area contributed by atoms with Gasteiger partial charge < -0.3 is 10.1 Å². The lowest BCUT2D eigenvalue weighted by atomic mass is 10.3. The summed E-state index contributed by atoms with van der Waals surface area (Å²) in [6.07, 6.45) is -0.173. The molecule has 0 spiro atoms. The zero-order valence-electron chi connectivity index (χ0n) is 10.9. The van der Waals surface area contributed by atoms with Gasteiger partial charge in [0.1, 0.15) is 17.7 Å². The molecule has 1 unspecified atom stereocenters. The van der Waals surface area contributed by atoms with Gasteiger partial charge in [0.2, 0.25) is 0 Å². The van der Waals surface area contributed by atoms with Crippen molar-refractivity contribution >= 4 is 28.9 Å². The summed E-state index contributed by atoms with van der Waals surface area (Å²) in [6.45, 7) is 2.33. The molecule has 106 valence electrons. The number of nitrogens with one attached hydrogen (secondary N) is 1. The van der Waals surface area contributed by atoms with Gasteiger partial charge in [-0.1, -0.05) is 35.3 Å².